The Morgan fingerprint density at radius 3 is 2.04 bits per heavy atom. The Labute approximate surface area is 165 Å². The van der Waals surface area contributed by atoms with Crippen LogP contribution in [0.1, 0.15) is 21.8 Å². The molecule has 0 saturated heterocycles. The Bertz CT molecular complexity index is 973. The topological polar surface area (TPSA) is 92.9 Å². The summed E-state index contributed by atoms with van der Waals surface area (Å²) in [7, 11) is 0. The molecule has 0 bridgehead atoms. The van der Waals surface area contributed by atoms with E-state index in [1.807, 2.05) is 0 Å². The highest BCUT2D eigenvalue weighted by molar-refractivity contribution is 8.06. The molecule has 130 valence electrons. The Morgan fingerprint density at radius 2 is 1.50 bits per heavy atom. The summed E-state index contributed by atoms with van der Waals surface area (Å²) in [5, 5.41) is 11.3. The zero-order valence-electron chi connectivity index (χ0n) is 13.4. The molecule has 0 aliphatic carbocycles. The van der Waals surface area contributed by atoms with Crippen LogP contribution in [0.25, 0.3) is 0 Å². The van der Waals surface area contributed by atoms with Gasteiger partial charge in [0.05, 0.1) is 27.6 Å². The standard InChI is InChI=1S/C19H13Cl2N3OS/c20-12-5-1-10(2-6-12)15-14(9-22)18(23)26-19(24)16(15)17(25)11-3-7-13(21)8-4-11/h1-8,15H,23-24H2. The summed E-state index contributed by atoms with van der Waals surface area (Å²) >= 11 is 12.9. The molecule has 1 aliphatic rings. The van der Waals surface area contributed by atoms with Gasteiger partial charge in [0.2, 0.25) is 0 Å². The van der Waals surface area contributed by atoms with Gasteiger partial charge in [-0.2, -0.15) is 5.26 Å². The predicted molar refractivity (Wildman–Crippen MR) is 106 cm³/mol. The quantitative estimate of drug-likeness (QED) is 0.734. The summed E-state index contributed by atoms with van der Waals surface area (Å²) in [6.45, 7) is 0. The molecule has 1 atom stereocenters. The van der Waals surface area contributed by atoms with Crippen molar-refractivity contribution in [3.05, 3.63) is 90.9 Å². The van der Waals surface area contributed by atoms with E-state index < -0.39 is 5.92 Å². The Kier molecular flexibility index (Phi) is 5.28. The van der Waals surface area contributed by atoms with Crippen LogP contribution < -0.4 is 11.5 Å². The highest BCUT2D eigenvalue weighted by atomic mass is 35.5. The lowest BCUT2D eigenvalue weighted by molar-refractivity contribution is 0.102. The summed E-state index contributed by atoms with van der Waals surface area (Å²) in [6.07, 6.45) is 0. The van der Waals surface area contributed by atoms with E-state index >= 15 is 0 Å². The van der Waals surface area contributed by atoms with Crippen molar-refractivity contribution in [3.63, 3.8) is 0 Å². The SMILES string of the molecule is N#CC1=C(N)SC(N)=C(C(=O)c2ccc(Cl)cc2)C1c1ccc(Cl)cc1. The third-order valence-corrected chi connectivity index (χ3v) is 5.39. The van der Waals surface area contributed by atoms with E-state index in [0.717, 1.165) is 17.3 Å². The molecule has 26 heavy (non-hydrogen) atoms. The van der Waals surface area contributed by atoms with Gasteiger partial charge in [-0.25, -0.2) is 0 Å². The third-order valence-electron chi connectivity index (χ3n) is 4.00. The lowest BCUT2D eigenvalue weighted by Crippen LogP contribution is -2.24. The number of rotatable bonds is 3. The first-order valence-electron chi connectivity index (χ1n) is 7.55. The van der Waals surface area contributed by atoms with E-state index in [1.54, 1.807) is 48.5 Å². The fraction of sp³-hybridized carbons (Fsp3) is 0.0526. The summed E-state index contributed by atoms with van der Waals surface area (Å²) in [5.74, 6) is -0.923. The Balaban J connectivity index is 2.15. The zero-order chi connectivity index (χ0) is 18.8. The zero-order valence-corrected chi connectivity index (χ0v) is 15.7. The lowest BCUT2D eigenvalue weighted by atomic mass is 9.82. The number of hydrogen-bond acceptors (Lipinski definition) is 5. The number of nitrogens with zero attached hydrogens (tertiary/aromatic N) is 1. The number of Topliss-reactive ketones (excluding diaryl/α,β-unsaturated/α-hetero) is 1. The number of thioether (sulfide) groups is 1. The number of carbonyl (C=O) groups is 1. The van der Waals surface area contributed by atoms with E-state index in [9.17, 15) is 10.1 Å². The summed E-state index contributed by atoms with van der Waals surface area (Å²) in [4.78, 5) is 13.1. The molecular weight excluding hydrogens is 389 g/mol. The van der Waals surface area contributed by atoms with Gasteiger partial charge in [0.1, 0.15) is 0 Å². The molecule has 0 spiro atoms. The molecule has 0 radical (unpaired) electrons. The molecule has 4 nitrogen and oxygen atoms in total. The van der Waals surface area contributed by atoms with Crippen LogP contribution >= 0.6 is 35.0 Å². The largest absolute Gasteiger partial charge is 0.393 e. The van der Waals surface area contributed by atoms with Crippen molar-refractivity contribution in [2.75, 3.05) is 0 Å². The minimum Gasteiger partial charge on any atom is -0.393 e. The molecule has 0 amide bonds. The number of nitriles is 1. The summed E-state index contributed by atoms with van der Waals surface area (Å²) < 4.78 is 0. The van der Waals surface area contributed by atoms with E-state index in [2.05, 4.69) is 6.07 Å². The highest BCUT2D eigenvalue weighted by Crippen LogP contribution is 2.44. The number of nitrogens with two attached hydrogens (primary N) is 2. The number of hydrogen-bond donors (Lipinski definition) is 2. The van der Waals surface area contributed by atoms with E-state index in [1.165, 1.54) is 0 Å². The molecule has 2 aromatic carbocycles. The molecule has 4 N–H and O–H groups in total. The second kappa shape index (κ2) is 7.46. The molecular formula is C19H13Cl2N3OS. The number of ketones is 1. The summed E-state index contributed by atoms with van der Waals surface area (Å²) in [5.41, 5.74) is 13.9. The third kappa shape index (κ3) is 3.45. The van der Waals surface area contributed by atoms with Crippen molar-refractivity contribution < 1.29 is 4.79 Å². The van der Waals surface area contributed by atoms with E-state index in [-0.39, 0.29) is 15.8 Å². The maximum atomic E-state index is 13.1. The molecule has 0 saturated carbocycles. The van der Waals surface area contributed by atoms with Gasteiger partial charge >= 0.3 is 0 Å². The van der Waals surface area contributed by atoms with Crippen molar-refractivity contribution in [1.82, 2.24) is 0 Å². The van der Waals surface area contributed by atoms with Gasteiger partial charge in [0, 0.05) is 21.2 Å². The van der Waals surface area contributed by atoms with Crippen LogP contribution in [-0.2, 0) is 0 Å². The minimum absolute atomic E-state index is 0.271. The van der Waals surface area contributed by atoms with Crippen molar-refractivity contribution in [1.29, 1.82) is 5.26 Å². The predicted octanol–water partition coefficient (Wildman–Crippen LogP) is 4.57. The second-order valence-electron chi connectivity index (χ2n) is 5.59. The van der Waals surface area contributed by atoms with Crippen molar-refractivity contribution in [3.8, 4) is 6.07 Å². The molecule has 7 heteroatoms. The molecule has 0 aromatic heterocycles. The first kappa shape index (κ1) is 18.4. The molecule has 1 unspecified atom stereocenters. The molecule has 2 aromatic rings. The normalized spacial score (nSPS) is 17.2. The average molecular weight is 402 g/mol. The van der Waals surface area contributed by atoms with Gasteiger partial charge in [-0.15, -0.1) is 0 Å². The molecule has 1 aliphatic heterocycles. The van der Waals surface area contributed by atoms with Gasteiger partial charge in [0.25, 0.3) is 0 Å². The smallest absolute Gasteiger partial charge is 0.192 e. The van der Waals surface area contributed by atoms with Crippen molar-refractivity contribution in [2.24, 2.45) is 11.5 Å². The van der Waals surface area contributed by atoms with Gasteiger partial charge in [-0.05, 0) is 42.0 Å². The first-order chi connectivity index (χ1) is 12.4. The van der Waals surface area contributed by atoms with E-state index in [4.69, 9.17) is 34.7 Å². The molecule has 3 rings (SSSR count). The van der Waals surface area contributed by atoms with Crippen LogP contribution in [0.5, 0.6) is 0 Å². The van der Waals surface area contributed by atoms with Crippen LogP contribution in [0.3, 0.4) is 0 Å². The number of halogens is 2. The van der Waals surface area contributed by atoms with Crippen LogP contribution in [0.4, 0.5) is 0 Å². The van der Waals surface area contributed by atoms with Gasteiger partial charge in [-0.1, -0.05) is 47.1 Å². The van der Waals surface area contributed by atoms with Gasteiger partial charge in [0.15, 0.2) is 5.78 Å². The van der Waals surface area contributed by atoms with Crippen LogP contribution in [0.15, 0.2) is 69.7 Å². The summed E-state index contributed by atoms with van der Waals surface area (Å²) in [6, 6.07) is 15.6. The van der Waals surface area contributed by atoms with Crippen LogP contribution in [-0.4, -0.2) is 5.78 Å². The van der Waals surface area contributed by atoms with Crippen molar-refractivity contribution in [2.45, 2.75) is 5.92 Å². The first-order valence-corrected chi connectivity index (χ1v) is 9.12. The van der Waals surface area contributed by atoms with Crippen molar-refractivity contribution >= 4 is 40.7 Å². The van der Waals surface area contributed by atoms with Crippen LogP contribution in [0.2, 0.25) is 10.0 Å². The lowest BCUT2D eigenvalue weighted by Gasteiger charge is -2.26. The van der Waals surface area contributed by atoms with Gasteiger partial charge in [-0.3, -0.25) is 4.79 Å². The number of carbonyl (C=O) groups excluding carboxylic acids is 1. The molecule has 1 heterocycles. The van der Waals surface area contributed by atoms with Crippen LogP contribution in [0, 0.1) is 11.3 Å². The Morgan fingerprint density at radius 1 is 0.962 bits per heavy atom. The maximum Gasteiger partial charge on any atom is 0.192 e. The fourth-order valence-corrected chi connectivity index (χ4v) is 3.85. The molecule has 0 fully saturated rings. The van der Waals surface area contributed by atoms with E-state index in [0.29, 0.717) is 26.8 Å². The number of allylic oxidation sites excluding steroid dienone is 2. The Hall–Kier alpha value is -2.39. The van der Waals surface area contributed by atoms with Gasteiger partial charge < -0.3 is 11.5 Å². The second-order valence-corrected chi connectivity index (χ2v) is 7.55. The highest BCUT2D eigenvalue weighted by Gasteiger charge is 2.35. The fourth-order valence-electron chi connectivity index (χ4n) is 2.77. The maximum absolute atomic E-state index is 13.1. The average Bonchev–Trinajstić information content (AvgIpc) is 2.62. The number of benzene rings is 2. The monoisotopic (exact) mass is 401 g/mol. The minimum atomic E-state index is -0.651.